The van der Waals surface area contributed by atoms with Crippen molar-refractivity contribution in [3.8, 4) is 6.01 Å². The van der Waals surface area contributed by atoms with Gasteiger partial charge in [-0.05, 0) is 38.2 Å². The molecule has 4 rings (SSSR count). The van der Waals surface area contributed by atoms with Crippen molar-refractivity contribution in [2.24, 2.45) is 16.7 Å². The maximum Gasteiger partial charge on any atom is 0.316 e. The molecular formula is C24H34N2O6. The number of Topliss-reactive ketones (excluding diaryl/α,β-unsaturated/α-hetero) is 1. The summed E-state index contributed by atoms with van der Waals surface area (Å²) < 4.78 is 12.5. The van der Waals surface area contributed by atoms with Crippen LogP contribution in [-0.2, 0) is 9.53 Å². The zero-order valence-corrected chi connectivity index (χ0v) is 19.4. The number of carbonyl (C=O) groups is 1. The summed E-state index contributed by atoms with van der Waals surface area (Å²) in [6.45, 7) is 12.7. The van der Waals surface area contributed by atoms with Gasteiger partial charge in [-0.15, -0.1) is 6.58 Å². The molecule has 8 atom stereocenters. The number of fused-ring (bicyclic) bond motifs is 3. The Labute approximate surface area is 188 Å². The molecule has 2 aliphatic carbocycles. The lowest BCUT2D eigenvalue weighted by Crippen LogP contribution is -2.87. The minimum atomic E-state index is -2.14. The highest BCUT2D eigenvalue weighted by Gasteiger charge is 2.81. The highest BCUT2D eigenvalue weighted by molar-refractivity contribution is 5.92. The van der Waals surface area contributed by atoms with E-state index >= 15 is 0 Å². The van der Waals surface area contributed by atoms with Gasteiger partial charge in [-0.25, -0.2) is 9.97 Å². The smallest absolute Gasteiger partial charge is 0.316 e. The number of hydrogen-bond acceptors (Lipinski definition) is 8. The van der Waals surface area contributed by atoms with Crippen LogP contribution < -0.4 is 4.74 Å². The Morgan fingerprint density at radius 1 is 1.19 bits per heavy atom. The van der Waals surface area contributed by atoms with Crippen molar-refractivity contribution in [2.75, 3.05) is 0 Å². The molecule has 3 N–H and O–H groups in total. The van der Waals surface area contributed by atoms with E-state index in [2.05, 4.69) is 16.5 Å². The zero-order chi connectivity index (χ0) is 23.7. The van der Waals surface area contributed by atoms with Crippen molar-refractivity contribution in [1.29, 1.82) is 0 Å². The van der Waals surface area contributed by atoms with Crippen LogP contribution in [0.4, 0.5) is 0 Å². The number of nitrogens with zero attached hydrogens (tertiary/aromatic N) is 2. The van der Waals surface area contributed by atoms with E-state index in [0.717, 1.165) is 0 Å². The fourth-order valence-electron chi connectivity index (χ4n) is 6.94. The Morgan fingerprint density at radius 3 is 2.41 bits per heavy atom. The highest BCUT2D eigenvalue weighted by Crippen LogP contribution is 2.66. The molecule has 1 aromatic heterocycles. The van der Waals surface area contributed by atoms with Crippen LogP contribution in [0.1, 0.15) is 53.9 Å². The Bertz CT molecular complexity index is 924. The van der Waals surface area contributed by atoms with Crippen LogP contribution in [0.25, 0.3) is 0 Å². The molecule has 8 nitrogen and oxygen atoms in total. The van der Waals surface area contributed by atoms with Crippen molar-refractivity contribution < 1.29 is 29.6 Å². The minimum absolute atomic E-state index is 0.000166. The average Bonchev–Trinajstić information content (AvgIpc) is 2.72. The van der Waals surface area contributed by atoms with E-state index in [9.17, 15) is 20.1 Å². The summed E-state index contributed by atoms with van der Waals surface area (Å²) in [5, 5.41) is 35.4. The first-order chi connectivity index (χ1) is 14.8. The maximum atomic E-state index is 13.8. The van der Waals surface area contributed by atoms with Crippen molar-refractivity contribution in [3.63, 3.8) is 0 Å². The maximum absolute atomic E-state index is 13.8. The Hall–Kier alpha value is -1.87. The predicted molar refractivity (Wildman–Crippen MR) is 116 cm³/mol. The molecule has 1 aromatic rings. The largest absolute Gasteiger partial charge is 0.454 e. The van der Waals surface area contributed by atoms with Gasteiger partial charge in [0, 0.05) is 30.1 Å². The molecule has 8 heteroatoms. The summed E-state index contributed by atoms with van der Waals surface area (Å²) in [5.74, 6) is -1.13. The van der Waals surface area contributed by atoms with Gasteiger partial charge in [0.1, 0.15) is 5.60 Å². The average molecular weight is 447 g/mol. The van der Waals surface area contributed by atoms with Gasteiger partial charge in [0.25, 0.3) is 0 Å². The van der Waals surface area contributed by atoms with Gasteiger partial charge in [-0.3, -0.25) is 4.79 Å². The molecule has 1 aliphatic heterocycles. The van der Waals surface area contributed by atoms with Gasteiger partial charge in [0.05, 0.1) is 17.8 Å². The van der Waals surface area contributed by atoms with E-state index in [0.29, 0.717) is 12.8 Å². The molecule has 32 heavy (non-hydrogen) atoms. The summed E-state index contributed by atoms with van der Waals surface area (Å²) in [6.07, 6.45) is 2.05. The third-order valence-electron chi connectivity index (χ3n) is 8.50. The summed E-state index contributed by atoms with van der Waals surface area (Å²) in [6, 6.07) is 1.63. The lowest BCUT2D eigenvalue weighted by molar-refractivity contribution is -0.366. The molecule has 2 saturated carbocycles. The molecule has 3 fully saturated rings. The van der Waals surface area contributed by atoms with E-state index < -0.39 is 57.6 Å². The number of ketones is 1. The van der Waals surface area contributed by atoms with E-state index in [1.807, 2.05) is 13.8 Å². The number of rotatable bonds is 3. The van der Waals surface area contributed by atoms with Gasteiger partial charge in [-0.2, -0.15) is 0 Å². The molecule has 0 unspecified atom stereocenters. The number of aromatic nitrogens is 2. The van der Waals surface area contributed by atoms with E-state index in [4.69, 9.17) is 9.47 Å². The van der Waals surface area contributed by atoms with Gasteiger partial charge >= 0.3 is 6.01 Å². The highest BCUT2D eigenvalue weighted by atomic mass is 16.6. The topological polar surface area (TPSA) is 122 Å². The quantitative estimate of drug-likeness (QED) is 0.601. The van der Waals surface area contributed by atoms with Crippen molar-refractivity contribution in [3.05, 3.63) is 31.1 Å². The molecule has 0 bridgehead atoms. The predicted octanol–water partition coefficient (Wildman–Crippen LogP) is 1.83. The zero-order valence-electron chi connectivity index (χ0n) is 19.4. The number of carbonyl (C=O) groups excluding carboxylic acids is 1. The Kier molecular flexibility index (Phi) is 5.14. The molecule has 0 aromatic carbocycles. The van der Waals surface area contributed by atoms with Crippen LogP contribution in [0.2, 0.25) is 0 Å². The fraction of sp³-hybridized carbons (Fsp3) is 0.708. The molecule has 0 radical (unpaired) electrons. The molecule has 1 saturated heterocycles. The van der Waals surface area contributed by atoms with Gasteiger partial charge in [-0.1, -0.05) is 26.8 Å². The van der Waals surface area contributed by atoms with E-state index in [1.165, 1.54) is 18.5 Å². The van der Waals surface area contributed by atoms with Crippen LogP contribution in [-0.4, -0.2) is 66.2 Å². The summed E-state index contributed by atoms with van der Waals surface area (Å²) in [4.78, 5) is 22.0. The first-order valence-corrected chi connectivity index (χ1v) is 11.2. The van der Waals surface area contributed by atoms with Crippen LogP contribution in [0.15, 0.2) is 31.1 Å². The normalized spacial score (nSPS) is 47.8. The lowest BCUT2D eigenvalue weighted by atomic mass is 9.40. The third-order valence-corrected chi connectivity index (χ3v) is 8.50. The van der Waals surface area contributed by atoms with Crippen molar-refractivity contribution in [2.45, 2.75) is 89.0 Å². The minimum Gasteiger partial charge on any atom is -0.454 e. The number of aliphatic hydroxyl groups is 3. The van der Waals surface area contributed by atoms with Gasteiger partial charge in [0.15, 0.2) is 17.5 Å². The fourth-order valence-corrected chi connectivity index (χ4v) is 6.94. The van der Waals surface area contributed by atoms with Crippen LogP contribution in [0, 0.1) is 16.7 Å². The van der Waals surface area contributed by atoms with E-state index in [1.54, 1.807) is 26.8 Å². The molecule has 3 aliphatic rings. The molecular weight excluding hydrogens is 412 g/mol. The van der Waals surface area contributed by atoms with Crippen LogP contribution in [0.5, 0.6) is 6.01 Å². The standard InChI is InChI=1S/C24H34N2O6/c1-7-21(4)13-15(28)24(30)22(5)14(27)9-10-20(2,3)17(22)16(29)18(23(24,6)32-21)31-19-25-11-8-12-26-19/h7-8,11-12,14,16-18,27,29-30H,1,9-10,13H2,2-6H3/t14-,16-,17-,18-,21-,22-,23+,24-/m0/s1. The van der Waals surface area contributed by atoms with Gasteiger partial charge < -0.3 is 24.8 Å². The summed E-state index contributed by atoms with van der Waals surface area (Å²) in [7, 11) is 0. The van der Waals surface area contributed by atoms with E-state index in [-0.39, 0.29) is 12.4 Å². The summed E-state index contributed by atoms with van der Waals surface area (Å²) >= 11 is 0. The molecule has 0 spiro atoms. The third kappa shape index (κ3) is 2.79. The lowest BCUT2D eigenvalue weighted by Gasteiger charge is -2.71. The van der Waals surface area contributed by atoms with Crippen LogP contribution in [0.3, 0.4) is 0 Å². The van der Waals surface area contributed by atoms with Gasteiger partial charge in [0.2, 0.25) is 0 Å². The second-order valence-electron chi connectivity index (χ2n) is 10.9. The second kappa shape index (κ2) is 7.06. The molecule has 0 amide bonds. The number of aliphatic hydroxyl groups excluding tert-OH is 2. The van der Waals surface area contributed by atoms with Crippen molar-refractivity contribution >= 4 is 5.78 Å². The number of ether oxygens (including phenoxy) is 2. The Balaban J connectivity index is 1.97. The molecule has 176 valence electrons. The van der Waals surface area contributed by atoms with Crippen molar-refractivity contribution in [1.82, 2.24) is 9.97 Å². The monoisotopic (exact) mass is 446 g/mol. The SMILES string of the molecule is C=C[C@@]1(C)CC(=O)[C@]2(O)[C@@]3(C)[C@@H](O)CCC(C)(C)[C@@H]3[C@H](O)[C@H](Oc3ncccn3)[C@@]2(C)O1. The second-order valence-corrected chi connectivity index (χ2v) is 10.9. The molecule has 2 heterocycles. The number of hydrogen-bond donors (Lipinski definition) is 3. The van der Waals surface area contributed by atoms with Crippen LogP contribution >= 0.6 is 0 Å². The summed E-state index contributed by atoms with van der Waals surface area (Å²) in [5.41, 5.74) is -6.81. The Morgan fingerprint density at radius 2 is 1.81 bits per heavy atom. The first kappa shape index (κ1) is 23.3. The first-order valence-electron chi connectivity index (χ1n) is 11.2.